The number of nitrogens with two attached hydrogens (primary N) is 1. The predicted molar refractivity (Wildman–Crippen MR) is 85.4 cm³/mol. The van der Waals surface area contributed by atoms with Crippen molar-refractivity contribution >= 4 is 24.0 Å². The molecule has 1 amide bonds. The lowest BCUT2D eigenvalue weighted by molar-refractivity contribution is 0.0730. The molecule has 110 valence electrons. The van der Waals surface area contributed by atoms with Gasteiger partial charge in [0.1, 0.15) is 5.69 Å². The molecular weight excluding hydrogens is 286 g/mol. The van der Waals surface area contributed by atoms with Crippen molar-refractivity contribution in [3.8, 4) is 0 Å². The summed E-state index contributed by atoms with van der Waals surface area (Å²) in [5.41, 5.74) is 7.83. The van der Waals surface area contributed by atoms with E-state index in [1.165, 1.54) is 11.8 Å². The molecule has 1 aromatic heterocycles. The molecule has 1 atom stereocenters. The molecule has 21 heavy (non-hydrogen) atoms. The molecule has 1 unspecified atom stereocenters. The first-order valence-corrected chi connectivity index (χ1v) is 6.83. The summed E-state index contributed by atoms with van der Waals surface area (Å²) in [6.07, 6.45) is 3.56. The predicted octanol–water partition coefficient (Wildman–Crippen LogP) is 3.06. The van der Waals surface area contributed by atoms with Crippen molar-refractivity contribution in [1.29, 1.82) is 0 Å². The number of rotatable bonds is 2. The van der Waals surface area contributed by atoms with E-state index in [0.29, 0.717) is 11.4 Å². The van der Waals surface area contributed by atoms with Crippen LogP contribution in [0.1, 0.15) is 34.9 Å². The smallest absolute Gasteiger partial charge is 0.272 e. The van der Waals surface area contributed by atoms with E-state index in [1.807, 2.05) is 23.1 Å². The van der Waals surface area contributed by atoms with Crippen molar-refractivity contribution in [1.82, 2.24) is 9.88 Å². The minimum atomic E-state index is -0.0173. The van der Waals surface area contributed by atoms with Gasteiger partial charge in [0.05, 0.1) is 17.9 Å². The zero-order chi connectivity index (χ0) is 13.9. The van der Waals surface area contributed by atoms with Crippen LogP contribution in [0.15, 0.2) is 48.7 Å². The van der Waals surface area contributed by atoms with Crippen LogP contribution in [-0.4, -0.2) is 22.3 Å². The maximum absolute atomic E-state index is 12.6. The molecule has 0 aliphatic carbocycles. The second kappa shape index (κ2) is 6.59. The number of hydrogen-bond acceptors (Lipinski definition) is 3. The summed E-state index contributed by atoms with van der Waals surface area (Å²) in [6.45, 7) is 0.782. The van der Waals surface area contributed by atoms with Crippen LogP contribution in [0, 0.1) is 0 Å². The molecule has 1 fully saturated rings. The molecule has 1 aliphatic heterocycles. The number of anilines is 1. The van der Waals surface area contributed by atoms with E-state index < -0.39 is 0 Å². The largest absolute Gasteiger partial charge is 0.397 e. The maximum atomic E-state index is 12.6. The van der Waals surface area contributed by atoms with E-state index in [9.17, 15) is 4.79 Å². The van der Waals surface area contributed by atoms with E-state index in [-0.39, 0.29) is 24.4 Å². The summed E-state index contributed by atoms with van der Waals surface area (Å²) >= 11 is 0. The Hall–Kier alpha value is -2.07. The number of likely N-dealkylation sites (tertiary alicyclic amines) is 1. The third kappa shape index (κ3) is 3.16. The topological polar surface area (TPSA) is 59.2 Å². The Labute approximate surface area is 130 Å². The summed E-state index contributed by atoms with van der Waals surface area (Å²) < 4.78 is 0. The Morgan fingerprint density at radius 3 is 2.62 bits per heavy atom. The van der Waals surface area contributed by atoms with Crippen LogP contribution < -0.4 is 5.73 Å². The van der Waals surface area contributed by atoms with Crippen molar-refractivity contribution in [2.45, 2.75) is 18.9 Å². The molecule has 0 spiro atoms. The van der Waals surface area contributed by atoms with Crippen molar-refractivity contribution in [3.63, 3.8) is 0 Å². The van der Waals surface area contributed by atoms with Gasteiger partial charge in [0.2, 0.25) is 0 Å². The van der Waals surface area contributed by atoms with Gasteiger partial charge < -0.3 is 10.6 Å². The van der Waals surface area contributed by atoms with Gasteiger partial charge in [-0.15, -0.1) is 12.4 Å². The highest BCUT2D eigenvalue weighted by Gasteiger charge is 2.30. The van der Waals surface area contributed by atoms with Gasteiger partial charge in [0.15, 0.2) is 0 Å². The van der Waals surface area contributed by atoms with Crippen LogP contribution in [0.4, 0.5) is 5.69 Å². The number of hydrogen-bond donors (Lipinski definition) is 1. The Balaban J connectivity index is 0.00000161. The minimum Gasteiger partial charge on any atom is -0.397 e. The molecule has 1 aromatic carbocycles. The summed E-state index contributed by atoms with van der Waals surface area (Å²) in [5.74, 6) is -0.0173. The van der Waals surface area contributed by atoms with Crippen molar-refractivity contribution < 1.29 is 4.79 Å². The van der Waals surface area contributed by atoms with Crippen LogP contribution in [0.3, 0.4) is 0 Å². The molecule has 2 heterocycles. The van der Waals surface area contributed by atoms with Gasteiger partial charge in [-0.3, -0.25) is 4.79 Å². The number of aromatic nitrogens is 1. The van der Waals surface area contributed by atoms with Crippen molar-refractivity contribution in [2.75, 3.05) is 12.3 Å². The van der Waals surface area contributed by atoms with Gasteiger partial charge in [-0.1, -0.05) is 30.3 Å². The molecule has 2 N–H and O–H groups in total. The van der Waals surface area contributed by atoms with Gasteiger partial charge in [0.25, 0.3) is 5.91 Å². The molecule has 4 nitrogen and oxygen atoms in total. The lowest BCUT2D eigenvalue weighted by atomic mass is 10.0. The zero-order valence-electron chi connectivity index (χ0n) is 11.6. The highest BCUT2D eigenvalue weighted by molar-refractivity contribution is 5.93. The highest BCUT2D eigenvalue weighted by Crippen LogP contribution is 2.32. The number of carbonyl (C=O) groups is 1. The third-order valence-corrected chi connectivity index (χ3v) is 3.70. The van der Waals surface area contributed by atoms with Crippen molar-refractivity contribution in [3.05, 3.63) is 59.9 Å². The van der Waals surface area contributed by atoms with Crippen LogP contribution in [0.2, 0.25) is 0 Å². The van der Waals surface area contributed by atoms with E-state index >= 15 is 0 Å². The Bertz CT molecular complexity index is 601. The number of amides is 1. The van der Waals surface area contributed by atoms with Gasteiger partial charge >= 0.3 is 0 Å². The Morgan fingerprint density at radius 2 is 1.95 bits per heavy atom. The lowest BCUT2D eigenvalue weighted by Gasteiger charge is -2.24. The number of carbonyl (C=O) groups excluding carboxylic acids is 1. The van der Waals surface area contributed by atoms with Gasteiger partial charge in [-0.2, -0.15) is 0 Å². The molecule has 0 bridgehead atoms. The first-order valence-electron chi connectivity index (χ1n) is 6.83. The SMILES string of the molecule is Cl.Nc1ccc(C(=O)N2CCCC2c2ccccc2)nc1. The summed E-state index contributed by atoms with van der Waals surface area (Å²) in [7, 11) is 0. The fourth-order valence-corrected chi connectivity index (χ4v) is 2.71. The summed E-state index contributed by atoms with van der Waals surface area (Å²) in [6, 6.07) is 13.7. The van der Waals surface area contributed by atoms with Crippen LogP contribution in [0.25, 0.3) is 0 Å². The van der Waals surface area contributed by atoms with Gasteiger partial charge in [-0.05, 0) is 30.5 Å². The van der Waals surface area contributed by atoms with Crippen molar-refractivity contribution in [2.24, 2.45) is 0 Å². The fraction of sp³-hybridized carbons (Fsp3) is 0.250. The lowest BCUT2D eigenvalue weighted by Crippen LogP contribution is -2.31. The number of pyridine rings is 1. The van der Waals surface area contributed by atoms with Crippen LogP contribution >= 0.6 is 12.4 Å². The average Bonchev–Trinajstić information content (AvgIpc) is 2.97. The minimum absolute atomic E-state index is 0. The molecular formula is C16H18ClN3O. The molecule has 1 aliphatic rings. The molecule has 3 rings (SSSR count). The molecule has 5 heteroatoms. The highest BCUT2D eigenvalue weighted by atomic mass is 35.5. The number of nitrogens with zero attached hydrogens (tertiary/aromatic N) is 2. The maximum Gasteiger partial charge on any atom is 0.272 e. The first-order chi connectivity index (χ1) is 9.75. The second-order valence-corrected chi connectivity index (χ2v) is 5.04. The number of halogens is 1. The Morgan fingerprint density at radius 1 is 1.19 bits per heavy atom. The molecule has 2 aromatic rings. The Kier molecular flexibility index (Phi) is 4.81. The molecule has 1 saturated heterocycles. The van der Waals surface area contributed by atoms with E-state index in [2.05, 4.69) is 17.1 Å². The number of benzene rings is 1. The summed E-state index contributed by atoms with van der Waals surface area (Å²) in [4.78, 5) is 18.6. The zero-order valence-corrected chi connectivity index (χ0v) is 12.4. The standard InChI is InChI=1S/C16H17N3O.ClH/c17-13-8-9-14(18-11-13)16(20)19-10-4-7-15(19)12-5-2-1-3-6-12;/h1-3,5-6,8-9,11,15H,4,7,10,17H2;1H. The average molecular weight is 304 g/mol. The molecule has 0 saturated carbocycles. The van der Waals surface area contributed by atoms with Gasteiger partial charge in [0, 0.05) is 6.54 Å². The first kappa shape index (κ1) is 15.3. The fourth-order valence-electron chi connectivity index (χ4n) is 2.71. The van der Waals surface area contributed by atoms with E-state index in [0.717, 1.165) is 19.4 Å². The monoisotopic (exact) mass is 303 g/mol. The van der Waals surface area contributed by atoms with Gasteiger partial charge in [-0.25, -0.2) is 4.98 Å². The normalized spacial score (nSPS) is 17.3. The van der Waals surface area contributed by atoms with E-state index in [4.69, 9.17) is 5.73 Å². The van der Waals surface area contributed by atoms with Crippen LogP contribution in [0.5, 0.6) is 0 Å². The van der Waals surface area contributed by atoms with Crippen LogP contribution in [-0.2, 0) is 0 Å². The van der Waals surface area contributed by atoms with E-state index in [1.54, 1.807) is 12.1 Å². The quantitative estimate of drug-likeness (QED) is 0.927. The molecule has 0 radical (unpaired) electrons. The third-order valence-electron chi connectivity index (χ3n) is 3.70. The second-order valence-electron chi connectivity index (χ2n) is 5.04. The number of nitrogen functional groups attached to an aromatic ring is 1. The summed E-state index contributed by atoms with van der Waals surface area (Å²) in [5, 5.41) is 0.